The van der Waals surface area contributed by atoms with Crippen LogP contribution in [-0.4, -0.2) is 28.3 Å². The SMILES string of the molecule is CCOc1ccc(C(=O)CCC(=O)Nc2ccc(Oc3ncccn3)cc2)cc1. The van der Waals surface area contributed by atoms with Crippen LogP contribution in [0.1, 0.15) is 30.1 Å². The molecular weight excluding hydrogens is 370 g/mol. The number of aromatic nitrogens is 2. The zero-order valence-electron chi connectivity index (χ0n) is 16.0. The summed E-state index contributed by atoms with van der Waals surface area (Å²) in [6, 6.07) is 15.7. The zero-order valence-corrected chi connectivity index (χ0v) is 16.0. The molecule has 0 spiro atoms. The van der Waals surface area contributed by atoms with E-state index < -0.39 is 0 Å². The van der Waals surface area contributed by atoms with Gasteiger partial charge in [-0.2, -0.15) is 0 Å². The number of Topliss-reactive ketones (excluding diaryl/α,β-unsaturated/α-hetero) is 1. The van der Waals surface area contributed by atoms with Gasteiger partial charge in [-0.1, -0.05) is 0 Å². The van der Waals surface area contributed by atoms with Gasteiger partial charge in [-0.25, -0.2) is 9.97 Å². The van der Waals surface area contributed by atoms with E-state index in [1.165, 1.54) is 0 Å². The summed E-state index contributed by atoms with van der Waals surface area (Å²) in [5.74, 6) is 0.951. The molecule has 2 aromatic carbocycles. The Kier molecular flexibility index (Phi) is 6.89. The fraction of sp³-hybridized carbons (Fsp3) is 0.182. The summed E-state index contributed by atoms with van der Waals surface area (Å²) in [6.45, 7) is 2.47. The molecule has 148 valence electrons. The summed E-state index contributed by atoms with van der Waals surface area (Å²) in [6.07, 6.45) is 3.41. The molecule has 1 heterocycles. The lowest BCUT2D eigenvalue weighted by atomic mass is 10.1. The second-order valence-corrected chi connectivity index (χ2v) is 6.09. The van der Waals surface area contributed by atoms with Crippen LogP contribution in [0.4, 0.5) is 5.69 Å². The molecule has 3 aromatic rings. The molecule has 0 radical (unpaired) electrons. The van der Waals surface area contributed by atoms with E-state index in [0.29, 0.717) is 29.4 Å². The lowest BCUT2D eigenvalue weighted by molar-refractivity contribution is -0.116. The first-order valence-corrected chi connectivity index (χ1v) is 9.25. The minimum atomic E-state index is -0.232. The Balaban J connectivity index is 1.47. The first kappa shape index (κ1) is 20.0. The highest BCUT2D eigenvalue weighted by Gasteiger charge is 2.10. The van der Waals surface area contributed by atoms with Gasteiger partial charge in [-0.3, -0.25) is 9.59 Å². The quantitative estimate of drug-likeness (QED) is 0.548. The maximum atomic E-state index is 12.2. The lowest BCUT2D eigenvalue weighted by Gasteiger charge is -2.07. The number of ether oxygens (including phenoxy) is 2. The van der Waals surface area contributed by atoms with Crippen molar-refractivity contribution < 1.29 is 19.1 Å². The molecule has 0 saturated heterocycles. The maximum Gasteiger partial charge on any atom is 0.321 e. The van der Waals surface area contributed by atoms with Crippen LogP contribution in [0.5, 0.6) is 17.5 Å². The molecule has 0 unspecified atom stereocenters. The van der Waals surface area contributed by atoms with E-state index in [1.54, 1.807) is 67.0 Å². The third-order valence-corrected chi connectivity index (χ3v) is 3.96. The third-order valence-electron chi connectivity index (χ3n) is 3.96. The average Bonchev–Trinajstić information content (AvgIpc) is 2.75. The lowest BCUT2D eigenvalue weighted by Crippen LogP contribution is -2.13. The van der Waals surface area contributed by atoms with E-state index in [4.69, 9.17) is 9.47 Å². The van der Waals surface area contributed by atoms with Crippen molar-refractivity contribution in [1.29, 1.82) is 0 Å². The van der Waals surface area contributed by atoms with Crippen LogP contribution in [-0.2, 0) is 4.79 Å². The van der Waals surface area contributed by atoms with E-state index in [9.17, 15) is 9.59 Å². The maximum absolute atomic E-state index is 12.2. The van der Waals surface area contributed by atoms with Gasteiger partial charge in [0.2, 0.25) is 5.91 Å². The molecule has 3 rings (SSSR count). The minimum absolute atomic E-state index is 0.0881. The summed E-state index contributed by atoms with van der Waals surface area (Å²) in [5, 5.41) is 2.77. The number of carbonyl (C=O) groups is 2. The number of hydrogen-bond donors (Lipinski definition) is 1. The molecule has 0 aliphatic heterocycles. The Bertz CT molecular complexity index is 942. The summed E-state index contributed by atoms with van der Waals surface area (Å²) >= 11 is 0. The molecule has 0 bridgehead atoms. The number of rotatable bonds is 9. The Hall–Kier alpha value is -3.74. The summed E-state index contributed by atoms with van der Waals surface area (Å²) in [7, 11) is 0. The summed E-state index contributed by atoms with van der Waals surface area (Å²) in [5.41, 5.74) is 1.18. The predicted molar refractivity (Wildman–Crippen MR) is 108 cm³/mol. The molecule has 0 atom stereocenters. The Labute approximate surface area is 168 Å². The molecule has 1 amide bonds. The van der Waals surface area contributed by atoms with Crippen molar-refractivity contribution in [2.75, 3.05) is 11.9 Å². The van der Waals surface area contributed by atoms with Gasteiger partial charge in [-0.15, -0.1) is 0 Å². The van der Waals surface area contributed by atoms with Crippen LogP contribution in [0.15, 0.2) is 67.0 Å². The molecule has 0 saturated carbocycles. The number of ketones is 1. The highest BCUT2D eigenvalue weighted by Crippen LogP contribution is 2.20. The average molecular weight is 391 g/mol. The zero-order chi connectivity index (χ0) is 20.5. The standard InChI is InChI=1S/C22H21N3O4/c1-2-28-18-8-4-16(5-9-18)20(26)12-13-21(27)25-17-6-10-19(11-7-17)29-22-23-14-3-15-24-22/h3-11,14-15H,2,12-13H2,1H3,(H,25,27). The van der Waals surface area contributed by atoms with Crippen LogP contribution < -0.4 is 14.8 Å². The van der Waals surface area contributed by atoms with Gasteiger partial charge in [0.25, 0.3) is 0 Å². The Morgan fingerprint density at radius 3 is 2.21 bits per heavy atom. The van der Waals surface area contributed by atoms with E-state index >= 15 is 0 Å². The van der Waals surface area contributed by atoms with Crippen molar-refractivity contribution in [2.45, 2.75) is 19.8 Å². The number of nitrogens with one attached hydrogen (secondary N) is 1. The monoisotopic (exact) mass is 391 g/mol. The van der Waals surface area contributed by atoms with Crippen molar-refractivity contribution in [3.05, 3.63) is 72.6 Å². The van der Waals surface area contributed by atoms with Crippen LogP contribution in [0.2, 0.25) is 0 Å². The smallest absolute Gasteiger partial charge is 0.321 e. The van der Waals surface area contributed by atoms with E-state index in [1.807, 2.05) is 6.92 Å². The summed E-state index contributed by atoms with van der Waals surface area (Å²) in [4.78, 5) is 32.3. The molecule has 0 aliphatic rings. The van der Waals surface area contributed by atoms with E-state index in [2.05, 4.69) is 15.3 Å². The van der Waals surface area contributed by atoms with Crippen LogP contribution in [0.3, 0.4) is 0 Å². The van der Waals surface area contributed by atoms with Crippen LogP contribution in [0.25, 0.3) is 0 Å². The van der Waals surface area contributed by atoms with E-state index in [-0.39, 0.29) is 30.5 Å². The van der Waals surface area contributed by atoms with E-state index in [0.717, 1.165) is 0 Å². The minimum Gasteiger partial charge on any atom is -0.494 e. The molecular formula is C22H21N3O4. The number of amides is 1. The molecule has 0 aliphatic carbocycles. The number of nitrogens with zero attached hydrogens (tertiary/aromatic N) is 2. The highest BCUT2D eigenvalue weighted by molar-refractivity contribution is 6.00. The second-order valence-electron chi connectivity index (χ2n) is 6.09. The number of anilines is 1. The second kappa shape index (κ2) is 9.98. The fourth-order valence-corrected chi connectivity index (χ4v) is 2.55. The highest BCUT2D eigenvalue weighted by atomic mass is 16.5. The van der Waals surface area contributed by atoms with Gasteiger partial charge in [0.15, 0.2) is 5.78 Å². The molecule has 1 N–H and O–H groups in total. The predicted octanol–water partition coefficient (Wildman–Crippen LogP) is 4.27. The van der Waals surface area contributed by atoms with Gasteiger partial charge >= 0.3 is 6.01 Å². The van der Waals surface area contributed by atoms with Crippen molar-refractivity contribution in [1.82, 2.24) is 9.97 Å². The van der Waals surface area contributed by atoms with Crippen molar-refractivity contribution in [2.24, 2.45) is 0 Å². The van der Waals surface area contributed by atoms with Crippen LogP contribution >= 0.6 is 0 Å². The Morgan fingerprint density at radius 2 is 1.55 bits per heavy atom. The van der Waals surface area contributed by atoms with Crippen LogP contribution in [0, 0.1) is 0 Å². The van der Waals surface area contributed by atoms with Crippen molar-refractivity contribution >= 4 is 17.4 Å². The Morgan fingerprint density at radius 1 is 0.897 bits per heavy atom. The van der Waals surface area contributed by atoms with Gasteiger partial charge < -0.3 is 14.8 Å². The fourth-order valence-electron chi connectivity index (χ4n) is 2.55. The van der Waals surface area contributed by atoms with Gasteiger partial charge in [0.05, 0.1) is 6.61 Å². The molecule has 29 heavy (non-hydrogen) atoms. The first-order chi connectivity index (χ1) is 14.1. The van der Waals surface area contributed by atoms with Crippen molar-refractivity contribution in [3.63, 3.8) is 0 Å². The largest absolute Gasteiger partial charge is 0.494 e. The van der Waals surface area contributed by atoms with Gasteiger partial charge in [0.1, 0.15) is 11.5 Å². The normalized spacial score (nSPS) is 10.2. The third kappa shape index (κ3) is 6.14. The van der Waals surface area contributed by atoms with Gasteiger partial charge in [-0.05, 0) is 61.5 Å². The van der Waals surface area contributed by atoms with Crippen molar-refractivity contribution in [3.8, 4) is 17.5 Å². The number of benzene rings is 2. The number of carbonyl (C=O) groups excluding carboxylic acids is 2. The molecule has 1 aromatic heterocycles. The molecule has 0 fully saturated rings. The topological polar surface area (TPSA) is 90.4 Å². The molecule has 7 nitrogen and oxygen atoms in total. The molecule has 7 heteroatoms. The summed E-state index contributed by atoms with van der Waals surface area (Å²) < 4.78 is 10.9. The number of hydrogen-bond acceptors (Lipinski definition) is 6. The van der Waals surface area contributed by atoms with Gasteiger partial charge in [0, 0.05) is 36.5 Å². The first-order valence-electron chi connectivity index (χ1n) is 9.25.